The fourth-order valence-corrected chi connectivity index (χ4v) is 3.24. The van der Waals surface area contributed by atoms with Crippen LogP contribution in [0.25, 0.3) is 0 Å². The van der Waals surface area contributed by atoms with Gasteiger partial charge in [0.2, 0.25) is 10.0 Å². The number of likely N-dealkylation sites (N-methyl/N-ethyl adjacent to an activating group) is 1. The van der Waals surface area contributed by atoms with E-state index in [-0.39, 0.29) is 18.0 Å². The number of rotatable bonds is 8. The van der Waals surface area contributed by atoms with Crippen molar-refractivity contribution in [3.05, 3.63) is 18.5 Å². The van der Waals surface area contributed by atoms with Gasteiger partial charge in [0, 0.05) is 32.0 Å². The van der Waals surface area contributed by atoms with E-state index in [1.165, 1.54) is 10.5 Å². The summed E-state index contributed by atoms with van der Waals surface area (Å²) < 4.78 is 26.2. The molecule has 0 spiro atoms. The maximum Gasteiger partial charge on any atom is 0.246 e. The molecule has 0 aliphatic heterocycles. The number of sulfonamides is 1. The molecule has 0 atom stereocenters. The van der Waals surface area contributed by atoms with Crippen molar-refractivity contribution >= 4 is 15.7 Å². The van der Waals surface area contributed by atoms with Gasteiger partial charge in [-0.1, -0.05) is 13.8 Å². The van der Waals surface area contributed by atoms with E-state index in [1.807, 2.05) is 6.92 Å². The van der Waals surface area contributed by atoms with Gasteiger partial charge in [0.1, 0.15) is 4.90 Å². The number of aliphatic hydroxyl groups excluding tert-OH is 1. The smallest absolute Gasteiger partial charge is 0.246 e. The Morgan fingerprint density at radius 3 is 2.74 bits per heavy atom. The number of hydrogen-bond donors (Lipinski definition) is 2. The zero-order chi connectivity index (χ0) is 14.3. The Morgan fingerprint density at radius 2 is 2.16 bits per heavy atom. The summed E-state index contributed by atoms with van der Waals surface area (Å²) in [7, 11) is -3.63. The van der Waals surface area contributed by atoms with Gasteiger partial charge in [-0.25, -0.2) is 8.42 Å². The van der Waals surface area contributed by atoms with E-state index in [1.54, 1.807) is 19.2 Å². The molecule has 6 nitrogen and oxygen atoms in total. The molecule has 0 aliphatic rings. The van der Waals surface area contributed by atoms with Gasteiger partial charge in [0.05, 0.1) is 12.3 Å². The summed E-state index contributed by atoms with van der Waals surface area (Å²) in [6.45, 7) is 4.63. The van der Waals surface area contributed by atoms with Crippen LogP contribution in [0.15, 0.2) is 23.4 Å². The standard InChI is InChI=1S/C12H21N3O3S/c1-3-6-14-11-5-7-13-10-12(11)19(17,18)15(4-2)8-9-16/h5,7,10,16H,3-4,6,8-9H2,1-2H3,(H,13,14). The zero-order valence-corrected chi connectivity index (χ0v) is 12.2. The molecule has 0 bridgehead atoms. The van der Waals surface area contributed by atoms with E-state index in [9.17, 15) is 8.42 Å². The number of aromatic nitrogens is 1. The lowest BCUT2D eigenvalue weighted by Crippen LogP contribution is -2.34. The molecule has 1 rings (SSSR count). The lowest BCUT2D eigenvalue weighted by molar-refractivity contribution is 0.257. The summed E-state index contributed by atoms with van der Waals surface area (Å²) in [5.74, 6) is 0. The van der Waals surface area contributed by atoms with Crippen molar-refractivity contribution in [3.63, 3.8) is 0 Å². The first-order valence-corrected chi connectivity index (χ1v) is 7.80. The summed E-state index contributed by atoms with van der Waals surface area (Å²) in [4.78, 5) is 4.04. The van der Waals surface area contributed by atoms with Gasteiger partial charge in [-0.2, -0.15) is 4.31 Å². The van der Waals surface area contributed by atoms with Gasteiger partial charge in [-0.05, 0) is 12.5 Å². The minimum absolute atomic E-state index is 0.0843. The second-order valence-corrected chi connectivity index (χ2v) is 5.93. The number of nitrogens with zero attached hydrogens (tertiary/aromatic N) is 2. The molecule has 1 aromatic rings. The van der Waals surface area contributed by atoms with Gasteiger partial charge in [0.25, 0.3) is 0 Å². The summed E-state index contributed by atoms with van der Waals surface area (Å²) in [6.07, 6.45) is 3.79. The first-order valence-electron chi connectivity index (χ1n) is 6.36. The Hall–Kier alpha value is -1.18. The Labute approximate surface area is 114 Å². The Kier molecular flexibility index (Phi) is 6.20. The number of pyridine rings is 1. The van der Waals surface area contributed by atoms with Crippen LogP contribution in [0.5, 0.6) is 0 Å². The lowest BCUT2D eigenvalue weighted by atomic mass is 10.4. The largest absolute Gasteiger partial charge is 0.395 e. The molecule has 2 N–H and O–H groups in total. The Balaban J connectivity index is 3.12. The molecular weight excluding hydrogens is 266 g/mol. The molecule has 7 heteroatoms. The molecule has 19 heavy (non-hydrogen) atoms. The summed E-state index contributed by atoms with van der Waals surface area (Å²) in [6, 6.07) is 1.65. The maximum atomic E-state index is 12.5. The van der Waals surface area contributed by atoms with Crippen molar-refractivity contribution in [2.75, 3.05) is 31.6 Å². The first-order chi connectivity index (χ1) is 9.07. The molecule has 0 aliphatic carbocycles. The fourth-order valence-electron chi connectivity index (χ4n) is 1.69. The van der Waals surface area contributed by atoms with Gasteiger partial charge in [0.15, 0.2) is 0 Å². The second-order valence-electron chi connectivity index (χ2n) is 4.02. The minimum atomic E-state index is -3.63. The van der Waals surface area contributed by atoms with Crippen LogP contribution in [0.4, 0.5) is 5.69 Å². The molecule has 1 heterocycles. The van der Waals surface area contributed by atoms with E-state index in [2.05, 4.69) is 10.3 Å². The Bertz CT molecular complexity index is 491. The average molecular weight is 287 g/mol. The predicted molar refractivity (Wildman–Crippen MR) is 74.5 cm³/mol. The normalized spacial score (nSPS) is 11.8. The maximum absolute atomic E-state index is 12.5. The molecule has 0 fully saturated rings. The molecule has 108 valence electrons. The van der Waals surface area contributed by atoms with Crippen LogP contribution in [0.1, 0.15) is 20.3 Å². The van der Waals surface area contributed by atoms with Gasteiger partial charge in [-0.3, -0.25) is 4.98 Å². The highest BCUT2D eigenvalue weighted by molar-refractivity contribution is 7.89. The number of nitrogens with one attached hydrogen (secondary N) is 1. The van der Waals surface area contributed by atoms with E-state index in [0.29, 0.717) is 18.8 Å². The third-order valence-electron chi connectivity index (χ3n) is 2.67. The highest BCUT2D eigenvalue weighted by atomic mass is 32.2. The second kappa shape index (κ2) is 7.42. The van der Waals surface area contributed by atoms with Crippen LogP contribution in [-0.4, -0.2) is 49.1 Å². The van der Waals surface area contributed by atoms with Gasteiger partial charge in [-0.15, -0.1) is 0 Å². The zero-order valence-electron chi connectivity index (χ0n) is 11.3. The third-order valence-corrected chi connectivity index (χ3v) is 4.67. The van der Waals surface area contributed by atoms with Gasteiger partial charge < -0.3 is 10.4 Å². The number of aliphatic hydroxyl groups is 1. The molecule has 0 unspecified atom stereocenters. The van der Waals surface area contributed by atoms with Crippen molar-refractivity contribution in [1.29, 1.82) is 0 Å². The molecule has 0 radical (unpaired) electrons. The first kappa shape index (κ1) is 15.9. The highest BCUT2D eigenvalue weighted by Gasteiger charge is 2.25. The molecule has 0 amide bonds. The predicted octanol–water partition coefficient (Wildman–Crippen LogP) is 0.906. The molecule has 0 saturated heterocycles. The summed E-state index contributed by atoms with van der Waals surface area (Å²) >= 11 is 0. The lowest BCUT2D eigenvalue weighted by Gasteiger charge is -2.21. The number of hydrogen-bond acceptors (Lipinski definition) is 5. The van der Waals surface area contributed by atoms with E-state index >= 15 is 0 Å². The Morgan fingerprint density at radius 1 is 1.42 bits per heavy atom. The molecule has 0 aromatic carbocycles. The third kappa shape index (κ3) is 3.89. The van der Waals surface area contributed by atoms with Crippen LogP contribution in [0.2, 0.25) is 0 Å². The summed E-state index contributed by atoms with van der Waals surface area (Å²) in [5, 5.41) is 12.0. The van der Waals surface area contributed by atoms with Crippen molar-refractivity contribution in [1.82, 2.24) is 9.29 Å². The van der Waals surface area contributed by atoms with Crippen LogP contribution in [0, 0.1) is 0 Å². The molecule has 0 saturated carbocycles. The van der Waals surface area contributed by atoms with Crippen molar-refractivity contribution in [2.24, 2.45) is 0 Å². The van der Waals surface area contributed by atoms with Crippen LogP contribution >= 0.6 is 0 Å². The molecular formula is C12H21N3O3S. The van der Waals surface area contributed by atoms with Crippen LogP contribution < -0.4 is 5.32 Å². The van der Waals surface area contributed by atoms with Crippen LogP contribution in [0.3, 0.4) is 0 Å². The minimum Gasteiger partial charge on any atom is -0.395 e. The topological polar surface area (TPSA) is 82.5 Å². The van der Waals surface area contributed by atoms with Crippen LogP contribution in [-0.2, 0) is 10.0 Å². The van der Waals surface area contributed by atoms with E-state index < -0.39 is 10.0 Å². The quantitative estimate of drug-likeness (QED) is 0.742. The van der Waals surface area contributed by atoms with Crippen molar-refractivity contribution in [2.45, 2.75) is 25.2 Å². The SMILES string of the molecule is CCCNc1ccncc1S(=O)(=O)N(CC)CCO. The van der Waals surface area contributed by atoms with Gasteiger partial charge >= 0.3 is 0 Å². The van der Waals surface area contributed by atoms with E-state index in [0.717, 1.165) is 6.42 Å². The molecule has 1 aromatic heterocycles. The van der Waals surface area contributed by atoms with Crippen molar-refractivity contribution in [3.8, 4) is 0 Å². The van der Waals surface area contributed by atoms with E-state index in [4.69, 9.17) is 5.11 Å². The highest BCUT2D eigenvalue weighted by Crippen LogP contribution is 2.23. The van der Waals surface area contributed by atoms with Crippen molar-refractivity contribution < 1.29 is 13.5 Å². The summed E-state index contributed by atoms with van der Waals surface area (Å²) in [5.41, 5.74) is 0.549. The monoisotopic (exact) mass is 287 g/mol. The average Bonchev–Trinajstić information content (AvgIpc) is 2.42. The number of anilines is 1. The fraction of sp³-hybridized carbons (Fsp3) is 0.583.